The predicted octanol–water partition coefficient (Wildman–Crippen LogP) is 2.21. The second kappa shape index (κ2) is 4.68. The first kappa shape index (κ1) is 12.2. The molecule has 1 aromatic carbocycles. The monoisotopic (exact) mass is 259 g/mol. The average Bonchev–Trinajstić information content (AvgIpc) is 3.23. The van der Waals surface area contributed by atoms with Crippen LogP contribution in [0.5, 0.6) is 0 Å². The number of carboxylic acids is 1. The molecule has 4 nitrogen and oxygen atoms in total. The fraction of sp³-hybridized carbons (Fsp3) is 0.467. The van der Waals surface area contributed by atoms with Crippen LogP contribution in [-0.4, -0.2) is 27.9 Å². The Kier molecular flexibility index (Phi) is 3.01. The molecule has 2 aliphatic rings. The third-order valence-corrected chi connectivity index (χ3v) is 4.04. The van der Waals surface area contributed by atoms with Gasteiger partial charge in [0.1, 0.15) is 0 Å². The number of benzene rings is 1. The van der Waals surface area contributed by atoms with Gasteiger partial charge >= 0.3 is 5.97 Å². The summed E-state index contributed by atoms with van der Waals surface area (Å²) >= 11 is 0. The number of hydrogen-bond acceptors (Lipinski definition) is 2. The Morgan fingerprint density at radius 2 is 1.84 bits per heavy atom. The van der Waals surface area contributed by atoms with Crippen LogP contribution in [0.15, 0.2) is 30.3 Å². The van der Waals surface area contributed by atoms with Gasteiger partial charge in [-0.2, -0.15) is 0 Å². The van der Waals surface area contributed by atoms with Crippen LogP contribution >= 0.6 is 0 Å². The van der Waals surface area contributed by atoms with Gasteiger partial charge in [0.2, 0.25) is 5.91 Å². The molecule has 1 aromatic rings. The van der Waals surface area contributed by atoms with Crippen molar-refractivity contribution in [3.63, 3.8) is 0 Å². The van der Waals surface area contributed by atoms with Gasteiger partial charge in [-0.25, -0.2) is 0 Å². The number of nitrogens with zero attached hydrogens (tertiary/aromatic N) is 1. The van der Waals surface area contributed by atoms with E-state index in [1.165, 1.54) is 0 Å². The van der Waals surface area contributed by atoms with Crippen molar-refractivity contribution in [3.05, 3.63) is 35.9 Å². The van der Waals surface area contributed by atoms with Crippen LogP contribution in [0.3, 0.4) is 0 Å². The zero-order valence-electron chi connectivity index (χ0n) is 10.7. The van der Waals surface area contributed by atoms with Crippen LogP contribution in [0.1, 0.15) is 37.3 Å². The molecule has 0 radical (unpaired) electrons. The van der Waals surface area contributed by atoms with Gasteiger partial charge < -0.3 is 10.0 Å². The zero-order valence-corrected chi connectivity index (χ0v) is 10.7. The Morgan fingerprint density at radius 3 is 2.42 bits per heavy atom. The summed E-state index contributed by atoms with van der Waals surface area (Å²) < 4.78 is 0. The lowest BCUT2D eigenvalue weighted by Gasteiger charge is -2.40. The van der Waals surface area contributed by atoms with E-state index in [4.69, 9.17) is 0 Å². The Balaban J connectivity index is 2.00. The first-order valence-electron chi connectivity index (χ1n) is 6.77. The molecular weight excluding hydrogens is 242 g/mol. The largest absolute Gasteiger partial charge is 0.481 e. The standard InChI is InChI=1S/C15H17NO3/c17-13-9-8-12(15(18)19)14(16(13)11-6-7-11)10-4-2-1-3-5-10/h1-5,11-12,14H,6-9H2,(H,18,19)/t12-,14-/m1/s1. The van der Waals surface area contributed by atoms with Crippen LogP contribution < -0.4 is 0 Å². The summed E-state index contributed by atoms with van der Waals surface area (Å²) in [7, 11) is 0. The van der Waals surface area contributed by atoms with E-state index in [1.54, 1.807) is 0 Å². The van der Waals surface area contributed by atoms with E-state index in [2.05, 4.69) is 0 Å². The molecule has 1 N–H and O–H groups in total. The minimum absolute atomic E-state index is 0.105. The van der Waals surface area contributed by atoms with Gasteiger partial charge in [-0.3, -0.25) is 9.59 Å². The van der Waals surface area contributed by atoms with Crippen molar-refractivity contribution >= 4 is 11.9 Å². The van der Waals surface area contributed by atoms with Crippen molar-refractivity contribution < 1.29 is 14.7 Å². The second-order valence-electron chi connectivity index (χ2n) is 5.37. The zero-order chi connectivity index (χ0) is 13.4. The van der Waals surface area contributed by atoms with Gasteiger partial charge in [0.15, 0.2) is 0 Å². The predicted molar refractivity (Wildman–Crippen MR) is 69.4 cm³/mol. The Bertz CT molecular complexity index is 495. The molecule has 1 saturated heterocycles. The van der Waals surface area contributed by atoms with Crippen LogP contribution in [0, 0.1) is 5.92 Å². The number of aliphatic carboxylic acids is 1. The molecule has 100 valence electrons. The van der Waals surface area contributed by atoms with E-state index < -0.39 is 11.9 Å². The number of carboxylic acid groups (broad SMARTS) is 1. The van der Waals surface area contributed by atoms with Crippen molar-refractivity contribution in [3.8, 4) is 0 Å². The molecule has 1 saturated carbocycles. The molecule has 4 heteroatoms. The fourth-order valence-corrected chi connectivity index (χ4v) is 3.00. The van der Waals surface area contributed by atoms with Crippen LogP contribution in [0.2, 0.25) is 0 Å². The van der Waals surface area contributed by atoms with E-state index in [1.807, 2.05) is 35.2 Å². The number of hydrogen-bond donors (Lipinski definition) is 1. The first-order chi connectivity index (χ1) is 9.18. The highest BCUT2D eigenvalue weighted by atomic mass is 16.4. The summed E-state index contributed by atoms with van der Waals surface area (Å²) in [6, 6.07) is 9.51. The van der Waals surface area contributed by atoms with Crippen molar-refractivity contribution in [2.45, 2.75) is 37.8 Å². The smallest absolute Gasteiger partial charge is 0.308 e. The maximum absolute atomic E-state index is 12.2. The quantitative estimate of drug-likeness (QED) is 0.905. The van der Waals surface area contributed by atoms with Gasteiger partial charge in [-0.15, -0.1) is 0 Å². The first-order valence-corrected chi connectivity index (χ1v) is 6.77. The van der Waals surface area contributed by atoms with Gasteiger partial charge in [-0.05, 0) is 24.8 Å². The molecule has 2 fully saturated rings. The lowest BCUT2D eigenvalue weighted by atomic mass is 9.84. The summed E-state index contributed by atoms with van der Waals surface area (Å²) in [5, 5.41) is 9.44. The Labute approximate surface area is 112 Å². The molecule has 1 aliphatic heterocycles. The molecule has 3 rings (SSSR count). The third kappa shape index (κ3) is 2.23. The topological polar surface area (TPSA) is 57.6 Å². The van der Waals surface area contributed by atoms with Gasteiger partial charge in [0.05, 0.1) is 12.0 Å². The molecule has 0 unspecified atom stereocenters. The summed E-state index contributed by atoms with van der Waals surface area (Å²) in [5.41, 5.74) is 0.940. The molecule has 0 bridgehead atoms. The highest BCUT2D eigenvalue weighted by molar-refractivity contribution is 5.82. The molecule has 0 spiro atoms. The van der Waals surface area contributed by atoms with Crippen LogP contribution in [0.4, 0.5) is 0 Å². The number of carbonyl (C=O) groups excluding carboxylic acids is 1. The molecular formula is C15H17NO3. The third-order valence-electron chi connectivity index (χ3n) is 4.04. The van der Waals surface area contributed by atoms with Crippen molar-refractivity contribution in [2.24, 2.45) is 5.92 Å². The van der Waals surface area contributed by atoms with Crippen molar-refractivity contribution in [1.82, 2.24) is 4.90 Å². The van der Waals surface area contributed by atoms with E-state index in [9.17, 15) is 14.7 Å². The van der Waals surface area contributed by atoms with E-state index >= 15 is 0 Å². The highest BCUT2D eigenvalue weighted by Gasteiger charge is 2.46. The number of piperidine rings is 1. The lowest BCUT2D eigenvalue weighted by molar-refractivity contribution is -0.152. The summed E-state index contributed by atoms with van der Waals surface area (Å²) in [6.45, 7) is 0. The Hall–Kier alpha value is -1.84. The summed E-state index contributed by atoms with van der Waals surface area (Å²) in [5.74, 6) is -1.18. The molecule has 1 aliphatic carbocycles. The number of carbonyl (C=O) groups is 2. The minimum Gasteiger partial charge on any atom is -0.481 e. The van der Waals surface area contributed by atoms with E-state index in [0.29, 0.717) is 12.8 Å². The normalized spacial score (nSPS) is 27.4. The maximum atomic E-state index is 12.2. The van der Waals surface area contributed by atoms with Gasteiger partial charge in [-0.1, -0.05) is 30.3 Å². The highest BCUT2D eigenvalue weighted by Crippen LogP contribution is 2.43. The van der Waals surface area contributed by atoms with Crippen LogP contribution in [0.25, 0.3) is 0 Å². The maximum Gasteiger partial charge on any atom is 0.308 e. The molecule has 19 heavy (non-hydrogen) atoms. The number of rotatable bonds is 3. The molecule has 1 amide bonds. The van der Waals surface area contributed by atoms with Crippen molar-refractivity contribution in [2.75, 3.05) is 0 Å². The number of amides is 1. The van der Waals surface area contributed by atoms with Crippen LogP contribution in [-0.2, 0) is 9.59 Å². The van der Waals surface area contributed by atoms with E-state index in [0.717, 1.165) is 18.4 Å². The minimum atomic E-state index is -0.799. The summed E-state index contributed by atoms with van der Waals surface area (Å²) in [4.78, 5) is 25.5. The molecule has 2 atom stereocenters. The van der Waals surface area contributed by atoms with E-state index in [-0.39, 0.29) is 18.0 Å². The summed E-state index contributed by atoms with van der Waals surface area (Å²) in [6.07, 6.45) is 2.80. The lowest BCUT2D eigenvalue weighted by Crippen LogP contribution is -2.46. The second-order valence-corrected chi connectivity index (χ2v) is 5.37. The molecule has 1 heterocycles. The SMILES string of the molecule is O=C(O)[C@@H]1CCC(=O)N(C2CC2)[C@@H]1c1ccccc1. The average molecular weight is 259 g/mol. The van der Waals surface area contributed by atoms with Gasteiger partial charge in [0.25, 0.3) is 0 Å². The van der Waals surface area contributed by atoms with Gasteiger partial charge in [0, 0.05) is 12.5 Å². The van der Waals surface area contributed by atoms with Crippen molar-refractivity contribution in [1.29, 1.82) is 0 Å². The molecule has 0 aromatic heterocycles. The fourth-order valence-electron chi connectivity index (χ4n) is 3.00. The number of likely N-dealkylation sites (tertiary alicyclic amines) is 1. The Morgan fingerprint density at radius 1 is 1.16 bits per heavy atom.